The summed E-state index contributed by atoms with van der Waals surface area (Å²) in [6, 6.07) is 4.86. The van der Waals surface area contributed by atoms with Gasteiger partial charge in [0.15, 0.2) is 5.15 Å². The number of ether oxygens (including phenoxy) is 1. The molecule has 0 aliphatic carbocycles. The second-order valence-corrected chi connectivity index (χ2v) is 5.34. The summed E-state index contributed by atoms with van der Waals surface area (Å²) in [5, 5.41) is 8.14. The Kier molecular flexibility index (Phi) is 2.92. The maximum absolute atomic E-state index is 5.88. The van der Waals surface area contributed by atoms with Gasteiger partial charge in [-0.25, -0.2) is 0 Å². The van der Waals surface area contributed by atoms with E-state index in [0.29, 0.717) is 23.1 Å². The molecule has 2 saturated heterocycles. The van der Waals surface area contributed by atoms with Crippen LogP contribution in [0.1, 0.15) is 25.7 Å². The lowest BCUT2D eigenvalue weighted by atomic mass is 10.0. The zero-order valence-electron chi connectivity index (χ0n) is 9.84. The van der Waals surface area contributed by atoms with E-state index in [1.807, 2.05) is 0 Å². The normalized spacial score (nSPS) is 32.7. The van der Waals surface area contributed by atoms with Crippen molar-refractivity contribution in [3.63, 3.8) is 0 Å². The Morgan fingerprint density at radius 2 is 1.94 bits per heavy atom. The van der Waals surface area contributed by atoms with Crippen LogP contribution < -0.4 is 4.74 Å². The first-order chi connectivity index (χ1) is 8.22. The van der Waals surface area contributed by atoms with E-state index in [9.17, 15) is 0 Å². The first kappa shape index (κ1) is 11.2. The van der Waals surface area contributed by atoms with Gasteiger partial charge in [0.2, 0.25) is 5.88 Å². The van der Waals surface area contributed by atoms with E-state index in [0.717, 1.165) is 12.8 Å². The average Bonchev–Trinajstić information content (AvgIpc) is 2.55. The molecule has 5 heteroatoms. The molecule has 92 valence electrons. The lowest BCUT2D eigenvalue weighted by Gasteiger charge is -2.35. The monoisotopic (exact) mass is 253 g/mol. The quantitative estimate of drug-likeness (QED) is 0.809. The predicted molar refractivity (Wildman–Crippen MR) is 65.3 cm³/mol. The fourth-order valence-corrected chi connectivity index (χ4v) is 3.10. The third kappa shape index (κ3) is 2.24. The molecule has 2 aliphatic heterocycles. The summed E-state index contributed by atoms with van der Waals surface area (Å²) < 4.78 is 5.88. The SMILES string of the molecule is CN1[C@@H]2CC[C@H]1C[C@H](Oc1ccc(Cl)nn1)C2. The van der Waals surface area contributed by atoms with Crippen molar-refractivity contribution >= 4 is 11.6 Å². The minimum Gasteiger partial charge on any atom is -0.473 e. The molecule has 3 rings (SSSR count). The Bertz CT molecular complexity index is 383. The fourth-order valence-electron chi connectivity index (χ4n) is 3.00. The van der Waals surface area contributed by atoms with Gasteiger partial charge in [-0.3, -0.25) is 0 Å². The number of hydrogen-bond donors (Lipinski definition) is 0. The van der Waals surface area contributed by atoms with Gasteiger partial charge in [-0.05, 0) is 38.8 Å². The summed E-state index contributed by atoms with van der Waals surface area (Å²) in [6.45, 7) is 0. The second kappa shape index (κ2) is 4.42. The van der Waals surface area contributed by atoms with Crippen molar-refractivity contribution in [3.8, 4) is 5.88 Å². The van der Waals surface area contributed by atoms with Gasteiger partial charge >= 0.3 is 0 Å². The van der Waals surface area contributed by atoms with Crippen molar-refractivity contribution in [2.45, 2.75) is 43.9 Å². The van der Waals surface area contributed by atoms with E-state index in [4.69, 9.17) is 16.3 Å². The van der Waals surface area contributed by atoms with E-state index in [1.54, 1.807) is 12.1 Å². The van der Waals surface area contributed by atoms with Gasteiger partial charge < -0.3 is 9.64 Å². The highest BCUT2D eigenvalue weighted by atomic mass is 35.5. The van der Waals surface area contributed by atoms with Crippen LogP contribution in [0.25, 0.3) is 0 Å². The molecular weight excluding hydrogens is 238 g/mol. The lowest BCUT2D eigenvalue weighted by molar-refractivity contribution is 0.0626. The Hall–Kier alpha value is -0.870. The van der Waals surface area contributed by atoms with Gasteiger partial charge in [0, 0.05) is 18.2 Å². The summed E-state index contributed by atoms with van der Waals surface area (Å²) in [5.74, 6) is 0.586. The van der Waals surface area contributed by atoms with Crippen LogP contribution >= 0.6 is 11.6 Å². The average molecular weight is 254 g/mol. The third-order valence-electron chi connectivity index (χ3n) is 3.95. The molecule has 2 fully saturated rings. The molecule has 0 radical (unpaired) electrons. The van der Waals surface area contributed by atoms with E-state index in [-0.39, 0.29) is 6.10 Å². The Morgan fingerprint density at radius 3 is 2.53 bits per heavy atom. The van der Waals surface area contributed by atoms with Gasteiger partial charge in [0.1, 0.15) is 6.10 Å². The van der Waals surface area contributed by atoms with Crippen molar-refractivity contribution < 1.29 is 4.74 Å². The Labute approximate surface area is 106 Å². The molecule has 2 aliphatic rings. The van der Waals surface area contributed by atoms with Crippen LogP contribution in [0.5, 0.6) is 5.88 Å². The summed E-state index contributed by atoms with van der Waals surface area (Å²) >= 11 is 5.69. The third-order valence-corrected chi connectivity index (χ3v) is 4.15. The van der Waals surface area contributed by atoms with Crippen LogP contribution in [0.4, 0.5) is 0 Å². The predicted octanol–water partition coefficient (Wildman–Crippen LogP) is 2.13. The highest BCUT2D eigenvalue weighted by Crippen LogP contribution is 2.35. The molecule has 3 atom stereocenters. The Morgan fingerprint density at radius 1 is 1.24 bits per heavy atom. The number of rotatable bonds is 2. The molecular formula is C12H16ClN3O. The molecule has 2 bridgehead atoms. The Balaban J connectivity index is 1.65. The molecule has 0 amide bonds. The highest BCUT2D eigenvalue weighted by molar-refractivity contribution is 6.29. The molecule has 0 spiro atoms. The van der Waals surface area contributed by atoms with Crippen LogP contribution in [0.3, 0.4) is 0 Å². The van der Waals surface area contributed by atoms with Crippen LogP contribution in [0.2, 0.25) is 5.15 Å². The molecule has 0 N–H and O–H groups in total. The zero-order valence-corrected chi connectivity index (χ0v) is 10.6. The van der Waals surface area contributed by atoms with E-state index < -0.39 is 0 Å². The maximum atomic E-state index is 5.88. The largest absolute Gasteiger partial charge is 0.473 e. The number of hydrogen-bond acceptors (Lipinski definition) is 4. The highest BCUT2D eigenvalue weighted by Gasteiger charge is 2.39. The zero-order chi connectivity index (χ0) is 11.8. The molecule has 4 nitrogen and oxygen atoms in total. The minimum atomic E-state index is 0.277. The van der Waals surface area contributed by atoms with Crippen LogP contribution in [0, 0.1) is 0 Å². The van der Waals surface area contributed by atoms with E-state index in [1.165, 1.54) is 12.8 Å². The standard InChI is InChI=1S/C12H16ClN3O/c1-16-8-2-3-9(16)7-10(6-8)17-12-5-4-11(13)14-15-12/h4-5,8-10H,2-3,6-7H2,1H3/t8-,9+,10-. The van der Waals surface area contributed by atoms with Gasteiger partial charge in [0.25, 0.3) is 0 Å². The van der Waals surface area contributed by atoms with Crippen molar-refractivity contribution in [2.24, 2.45) is 0 Å². The summed E-state index contributed by atoms with van der Waals surface area (Å²) in [5.41, 5.74) is 0. The number of aromatic nitrogens is 2. The van der Waals surface area contributed by atoms with Gasteiger partial charge in [0.05, 0.1) is 0 Å². The first-order valence-corrected chi connectivity index (χ1v) is 6.48. The van der Waals surface area contributed by atoms with Crippen LogP contribution in [-0.4, -0.2) is 40.3 Å². The minimum absolute atomic E-state index is 0.277. The van der Waals surface area contributed by atoms with Crippen LogP contribution in [0.15, 0.2) is 12.1 Å². The maximum Gasteiger partial charge on any atom is 0.233 e. The fraction of sp³-hybridized carbons (Fsp3) is 0.667. The molecule has 1 aromatic rings. The van der Waals surface area contributed by atoms with Crippen LogP contribution in [-0.2, 0) is 0 Å². The lowest BCUT2D eigenvalue weighted by Crippen LogP contribution is -2.43. The summed E-state index contributed by atoms with van der Waals surface area (Å²) in [4.78, 5) is 2.49. The van der Waals surface area contributed by atoms with Crippen molar-refractivity contribution in [1.29, 1.82) is 0 Å². The van der Waals surface area contributed by atoms with E-state index >= 15 is 0 Å². The number of fused-ring (bicyclic) bond motifs is 2. The number of nitrogens with zero attached hydrogens (tertiary/aromatic N) is 3. The first-order valence-electron chi connectivity index (χ1n) is 6.10. The molecule has 0 saturated carbocycles. The molecule has 3 heterocycles. The second-order valence-electron chi connectivity index (χ2n) is 4.96. The van der Waals surface area contributed by atoms with Crippen molar-refractivity contribution in [2.75, 3.05) is 7.05 Å². The number of halogens is 1. The number of piperidine rings is 1. The molecule has 1 aromatic heterocycles. The van der Waals surface area contributed by atoms with Crippen molar-refractivity contribution in [3.05, 3.63) is 17.3 Å². The molecule has 0 unspecified atom stereocenters. The van der Waals surface area contributed by atoms with Gasteiger partial charge in [-0.2, -0.15) is 0 Å². The molecule has 17 heavy (non-hydrogen) atoms. The molecule has 0 aromatic carbocycles. The van der Waals surface area contributed by atoms with Gasteiger partial charge in [-0.1, -0.05) is 11.6 Å². The topological polar surface area (TPSA) is 38.2 Å². The van der Waals surface area contributed by atoms with E-state index in [2.05, 4.69) is 22.1 Å². The summed E-state index contributed by atoms with van der Waals surface area (Å²) in [6.07, 6.45) is 5.06. The van der Waals surface area contributed by atoms with Gasteiger partial charge in [-0.15, -0.1) is 10.2 Å². The smallest absolute Gasteiger partial charge is 0.233 e. The summed E-state index contributed by atoms with van der Waals surface area (Å²) in [7, 11) is 2.22. The van der Waals surface area contributed by atoms with Crippen molar-refractivity contribution in [1.82, 2.24) is 15.1 Å².